The number of hydrogen-bond donors (Lipinski definition) is 1. The molecule has 1 heteroatoms. The lowest BCUT2D eigenvalue weighted by molar-refractivity contribution is 0.0181. The van der Waals surface area contributed by atoms with Crippen molar-refractivity contribution in [2.45, 2.75) is 96.5 Å². The molecule has 0 aromatic heterocycles. The fourth-order valence-electron chi connectivity index (χ4n) is 2.78. The highest BCUT2D eigenvalue weighted by Crippen LogP contribution is 2.31. The SMILES string of the molecule is CCCCCCCCCCCCC1CCC1O. The summed E-state index contributed by atoms with van der Waals surface area (Å²) in [7, 11) is 0. The second-order valence-corrected chi connectivity index (χ2v) is 5.88. The van der Waals surface area contributed by atoms with Gasteiger partial charge in [0.1, 0.15) is 0 Å². The van der Waals surface area contributed by atoms with E-state index in [2.05, 4.69) is 6.92 Å². The van der Waals surface area contributed by atoms with Crippen molar-refractivity contribution in [3.63, 3.8) is 0 Å². The van der Waals surface area contributed by atoms with E-state index in [0.29, 0.717) is 5.92 Å². The molecule has 0 spiro atoms. The van der Waals surface area contributed by atoms with Gasteiger partial charge in [0.25, 0.3) is 0 Å². The largest absolute Gasteiger partial charge is 0.393 e. The number of rotatable bonds is 11. The van der Waals surface area contributed by atoms with Gasteiger partial charge < -0.3 is 5.11 Å². The topological polar surface area (TPSA) is 20.2 Å². The van der Waals surface area contributed by atoms with Crippen LogP contribution in [0, 0.1) is 5.92 Å². The van der Waals surface area contributed by atoms with Gasteiger partial charge in [-0.25, -0.2) is 0 Å². The second kappa shape index (κ2) is 9.94. The highest BCUT2D eigenvalue weighted by molar-refractivity contribution is 4.79. The van der Waals surface area contributed by atoms with Crippen molar-refractivity contribution in [3.05, 3.63) is 0 Å². The number of hydrogen-bond acceptors (Lipinski definition) is 1. The van der Waals surface area contributed by atoms with Crippen molar-refractivity contribution in [2.75, 3.05) is 0 Å². The Kier molecular flexibility index (Phi) is 8.78. The normalized spacial score (nSPS) is 23.6. The van der Waals surface area contributed by atoms with Crippen LogP contribution in [0.5, 0.6) is 0 Å². The molecule has 0 radical (unpaired) electrons. The molecule has 2 unspecified atom stereocenters. The van der Waals surface area contributed by atoms with Crippen LogP contribution in [-0.2, 0) is 0 Å². The Morgan fingerprint density at radius 1 is 0.765 bits per heavy atom. The molecule has 2 atom stereocenters. The second-order valence-electron chi connectivity index (χ2n) is 5.88. The summed E-state index contributed by atoms with van der Waals surface area (Å²) >= 11 is 0. The van der Waals surface area contributed by atoms with Gasteiger partial charge in [-0.15, -0.1) is 0 Å². The van der Waals surface area contributed by atoms with E-state index in [9.17, 15) is 5.11 Å². The van der Waals surface area contributed by atoms with E-state index in [0.717, 1.165) is 6.42 Å². The summed E-state index contributed by atoms with van der Waals surface area (Å²) < 4.78 is 0. The Morgan fingerprint density at radius 2 is 1.29 bits per heavy atom. The first-order chi connectivity index (χ1) is 8.34. The van der Waals surface area contributed by atoms with Crippen LogP contribution in [0.3, 0.4) is 0 Å². The molecule has 0 aromatic carbocycles. The zero-order valence-corrected chi connectivity index (χ0v) is 11.8. The summed E-state index contributed by atoms with van der Waals surface area (Å²) in [4.78, 5) is 0. The van der Waals surface area contributed by atoms with Crippen LogP contribution in [-0.4, -0.2) is 11.2 Å². The molecule has 0 bridgehead atoms. The van der Waals surface area contributed by atoms with E-state index in [1.807, 2.05) is 0 Å². The Balaban J connectivity index is 1.70. The summed E-state index contributed by atoms with van der Waals surface area (Å²) in [5, 5.41) is 9.45. The molecule has 1 nitrogen and oxygen atoms in total. The maximum absolute atomic E-state index is 9.45. The molecular formula is C16H32O. The van der Waals surface area contributed by atoms with E-state index in [1.165, 1.54) is 77.0 Å². The molecule has 1 saturated carbocycles. The van der Waals surface area contributed by atoms with Gasteiger partial charge in [-0.05, 0) is 25.2 Å². The molecule has 0 aliphatic heterocycles. The minimum atomic E-state index is 0.0496. The first kappa shape index (κ1) is 15.0. The molecule has 0 amide bonds. The smallest absolute Gasteiger partial charge is 0.0568 e. The fraction of sp³-hybridized carbons (Fsp3) is 1.00. The number of aliphatic hydroxyl groups is 1. The zero-order valence-electron chi connectivity index (χ0n) is 11.8. The van der Waals surface area contributed by atoms with Gasteiger partial charge in [0.2, 0.25) is 0 Å². The Hall–Kier alpha value is -0.0400. The van der Waals surface area contributed by atoms with Crippen LogP contribution in [0.15, 0.2) is 0 Å². The molecule has 0 aromatic rings. The maximum Gasteiger partial charge on any atom is 0.0568 e. The van der Waals surface area contributed by atoms with E-state index in [4.69, 9.17) is 0 Å². The van der Waals surface area contributed by atoms with Gasteiger partial charge in [-0.1, -0.05) is 71.1 Å². The molecule has 102 valence electrons. The van der Waals surface area contributed by atoms with Crippen LogP contribution in [0.4, 0.5) is 0 Å². The van der Waals surface area contributed by atoms with Crippen molar-refractivity contribution in [3.8, 4) is 0 Å². The molecule has 0 saturated heterocycles. The average Bonchev–Trinajstić information content (AvgIpc) is 2.34. The predicted molar refractivity (Wildman–Crippen MR) is 75.2 cm³/mol. The van der Waals surface area contributed by atoms with Gasteiger partial charge in [0, 0.05) is 0 Å². The Bertz CT molecular complexity index is 167. The van der Waals surface area contributed by atoms with Gasteiger partial charge in [-0.3, -0.25) is 0 Å². The van der Waals surface area contributed by atoms with Crippen LogP contribution in [0.1, 0.15) is 90.4 Å². The van der Waals surface area contributed by atoms with Gasteiger partial charge >= 0.3 is 0 Å². The quantitative estimate of drug-likeness (QED) is 0.500. The average molecular weight is 240 g/mol. The van der Waals surface area contributed by atoms with E-state index >= 15 is 0 Å². The highest BCUT2D eigenvalue weighted by Gasteiger charge is 2.27. The van der Waals surface area contributed by atoms with Crippen molar-refractivity contribution in [1.29, 1.82) is 0 Å². The predicted octanol–water partition coefficient (Wildman–Crippen LogP) is 5.07. The summed E-state index contributed by atoms with van der Waals surface area (Å²) in [6, 6.07) is 0. The molecule has 1 rings (SSSR count). The molecule has 1 aliphatic carbocycles. The third kappa shape index (κ3) is 7.08. The number of aliphatic hydroxyl groups excluding tert-OH is 1. The van der Waals surface area contributed by atoms with Crippen LogP contribution >= 0.6 is 0 Å². The minimum absolute atomic E-state index is 0.0496. The lowest BCUT2D eigenvalue weighted by atomic mass is 9.78. The van der Waals surface area contributed by atoms with Crippen LogP contribution in [0.2, 0.25) is 0 Å². The molecule has 0 heterocycles. The van der Waals surface area contributed by atoms with E-state index in [-0.39, 0.29) is 6.10 Å². The first-order valence-electron chi connectivity index (χ1n) is 8.02. The molecule has 1 N–H and O–H groups in total. The zero-order chi connectivity index (χ0) is 12.3. The van der Waals surface area contributed by atoms with Gasteiger partial charge in [0.05, 0.1) is 6.10 Å². The fourth-order valence-corrected chi connectivity index (χ4v) is 2.78. The summed E-state index contributed by atoms with van der Waals surface area (Å²) in [5.74, 6) is 0.657. The maximum atomic E-state index is 9.45. The van der Waals surface area contributed by atoms with Crippen molar-refractivity contribution < 1.29 is 5.11 Å². The van der Waals surface area contributed by atoms with E-state index < -0.39 is 0 Å². The highest BCUT2D eigenvalue weighted by atomic mass is 16.3. The summed E-state index contributed by atoms with van der Waals surface area (Å²) in [6.07, 6.45) is 17.8. The van der Waals surface area contributed by atoms with Crippen molar-refractivity contribution in [1.82, 2.24) is 0 Å². The van der Waals surface area contributed by atoms with Gasteiger partial charge in [0.15, 0.2) is 0 Å². The standard InChI is InChI=1S/C16H32O/c1-2-3-4-5-6-7-8-9-10-11-12-15-13-14-16(15)17/h15-17H,2-14H2,1H3. The van der Waals surface area contributed by atoms with Crippen molar-refractivity contribution >= 4 is 0 Å². The lowest BCUT2D eigenvalue weighted by Gasteiger charge is -2.32. The Morgan fingerprint density at radius 3 is 1.71 bits per heavy atom. The molecule has 1 aliphatic rings. The molecule has 17 heavy (non-hydrogen) atoms. The summed E-state index contributed by atoms with van der Waals surface area (Å²) in [5.41, 5.74) is 0. The number of unbranched alkanes of at least 4 members (excludes halogenated alkanes) is 9. The van der Waals surface area contributed by atoms with Gasteiger partial charge in [-0.2, -0.15) is 0 Å². The minimum Gasteiger partial charge on any atom is -0.393 e. The van der Waals surface area contributed by atoms with E-state index in [1.54, 1.807) is 0 Å². The first-order valence-corrected chi connectivity index (χ1v) is 8.02. The Labute approximate surface area is 108 Å². The lowest BCUT2D eigenvalue weighted by Crippen LogP contribution is -2.30. The third-order valence-corrected chi connectivity index (χ3v) is 4.31. The summed E-state index contributed by atoms with van der Waals surface area (Å²) in [6.45, 7) is 2.28. The molecule has 1 fully saturated rings. The molecular weight excluding hydrogens is 208 g/mol. The van der Waals surface area contributed by atoms with Crippen LogP contribution in [0.25, 0.3) is 0 Å². The third-order valence-electron chi connectivity index (χ3n) is 4.31. The van der Waals surface area contributed by atoms with Crippen molar-refractivity contribution in [2.24, 2.45) is 5.92 Å². The monoisotopic (exact) mass is 240 g/mol. The van der Waals surface area contributed by atoms with Crippen LogP contribution < -0.4 is 0 Å².